The fourth-order valence-electron chi connectivity index (χ4n) is 1.27. The smallest absolute Gasteiger partial charge is 0.225 e. The molecule has 0 radical (unpaired) electrons. The van der Waals surface area contributed by atoms with E-state index in [9.17, 15) is 16.8 Å². The molecule has 0 aliphatic heterocycles. The van der Waals surface area contributed by atoms with Crippen LogP contribution in [0.5, 0.6) is 0 Å². The van der Waals surface area contributed by atoms with E-state index in [1.807, 2.05) is 0 Å². The molecule has 108 valence electrons. The van der Waals surface area contributed by atoms with Crippen LogP contribution in [0.4, 0.5) is 0 Å². The summed E-state index contributed by atoms with van der Waals surface area (Å²) in [6, 6.07) is 1.47. The monoisotopic (exact) mass is 346 g/mol. The van der Waals surface area contributed by atoms with Crippen LogP contribution in [0, 0.1) is 0 Å². The molecule has 0 saturated carbocycles. The average molecular weight is 347 g/mol. The van der Waals surface area contributed by atoms with E-state index in [0.717, 1.165) is 12.1 Å². The van der Waals surface area contributed by atoms with Crippen molar-refractivity contribution in [2.75, 3.05) is 0 Å². The summed E-state index contributed by atoms with van der Waals surface area (Å²) in [6.07, 6.45) is 0. The van der Waals surface area contributed by atoms with Crippen molar-refractivity contribution in [3.8, 4) is 0 Å². The van der Waals surface area contributed by atoms with Crippen LogP contribution in [-0.4, -0.2) is 22.9 Å². The SMILES string of the molecule is CC(C)NS(=O)(=O)c1cc(S(N)(=O)=O)cc(Cl)c1Cl. The Morgan fingerprint density at radius 3 is 2.11 bits per heavy atom. The highest BCUT2D eigenvalue weighted by molar-refractivity contribution is 7.90. The molecule has 0 heterocycles. The Kier molecular flexibility index (Phi) is 4.87. The lowest BCUT2D eigenvalue weighted by molar-refractivity contribution is 0.569. The van der Waals surface area contributed by atoms with E-state index >= 15 is 0 Å². The number of rotatable bonds is 4. The van der Waals surface area contributed by atoms with Gasteiger partial charge in [0.15, 0.2) is 0 Å². The van der Waals surface area contributed by atoms with Crippen LogP contribution >= 0.6 is 23.2 Å². The van der Waals surface area contributed by atoms with E-state index < -0.39 is 35.9 Å². The summed E-state index contributed by atoms with van der Waals surface area (Å²) >= 11 is 11.5. The van der Waals surface area contributed by atoms with E-state index in [1.54, 1.807) is 13.8 Å². The topological polar surface area (TPSA) is 106 Å². The van der Waals surface area contributed by atoms with Gasteiger partial charge in [-0.1, -0.05) is 23.2 Å². The van der Waals surface area contributed by atoms with Gasteiger partial charge in [-0.05, 0) is 26.0 Å². The second-order valence-corrected chi connectivity index (χ2v) is 8.07. The molecule has 10 heteroatoms. The van der Waals surface area contributed by atoms with E-state index in [2.05, 4.69) is 4.72 Å². The summed E-state index contributed by atoms with van der Waals surface area (Å²) in [5.74, 6) is 0. The van der Waals surface area contributed by atoms with Crippen molar-refractivity contribution in [3.63, 3.8) is 0 Å². The van der Waals surface area contributed by atoms with Crippen LogP contribution in [-0.2, 0) is 20.0 Å². The van der Waals surface area contributed by atoms with Crippen molar-refractivity contribution in [1.82, 2.24) is 4.72 Å². The van der Waals surface area contributed by atoms with Crippen LogP contribution in [0.1, 0.15) is 13.8 Å². The van der Waals surface area contributed by atoms with Crippen LogP contribution in [0.25, 0.3) is 0 Å². The van der Waals surface area contributed by atoms with Crippen LogP contribution in [0.2, 0.25) is 10.0 Å². The molecule has 0 fully saturated rings. The summed E-state index contributed by atoms with van der Waals surface area (Å²) in [7, 11) is -8.07. The Morgan fingerprint density at radius 1 is 1.16 bits per heavy atom. The average Bonchev–Trinajstić information content (AvgIpc) is 2.17. The van der Waals surface area contributed by atoms with Gasteiger partial charge in [-0.15, -0.1) is 0 Å². The third-order valence-corrected chi connectivity index (χ3v) is 5.47. The van der Waals surface area contributed by atoms with Crippen molar-refractivity contribution >= 4 is 43.2 Å². The Bertz CT molecular complexity index is 699. The lowest BCUT2D eigenvalue weighted by atomic mass is 10.3. The summed E-state index contributed by atoms with van der Waals surface area (Å²) < 4.78 is 48.8. The molecular weight excluding hydrogens is 335 g/mol. The predicted octanol–water partition coefficient (Wildman–Crippen LogP) is 1.33. The maximum Gasteiger partial charge on any atom is 0.242 e. The molecule has 0 aromatic heterocycles. The maximum absolute atomic E-state index is 12.0. The molecule has 1 aromatic rings. The predicted molar refractivity (Wildman–Crippen MR) is 73.3 cm³/mol. The van der Waals surface area contributed by atoms with Gasteiger partial charge in [-0.3, -0.25) is 0 Å². The normalized spacial score (nSPS) is 12.9. The van der Waals surface area contributed by atoms with Crippen LogP contribution < -0.4 is 9.86 Å². The standard InChI is InChI=1S/C9H12Cl2N2O4S2/c1-5(2)13-19(16,17)8-4-6(18(12,14)15)3-7(10)9(8)11/h3-5,13H,1-2H3,(H2,12,14,15). The van der Waals surface area contributed by atoms with E-state index in [4.69, 9.17) is 28.3 Å². The summed E-state index contributed by atoms with van der Waals surface area (Å²) in [4.78, 5) is -0.856. The van der Waals surface area contributed by atoms with Gasteiger partial charge in [0.25, 0.3) is 0 Å². The van der Waals surface area contributed by atoms with Crippen molar-refractivity contribution < 1.29 is 16.8 Å². The Hall–Kier alpha value is -0.380. The number of nitrogens with two attached hydrogens (primary N) is 1. The van der Waals surface area contributed by atoms with Gasteiger partial charge < -0.3 is 0 Å². The molecule has 19 heavy (non-hydrogen) atoms. The first-order chi connectivity index (χ1) is 8.45. The van der Waals surface area contributed by atoms with Gasteiger partial charge in [-0.2, -0.15) is 0 Å². The third kappa shape index (κ3) is 4.04. The van der Waals surface area contributed by atoms with Gasteiger partial charge in [0, 0.05) is 6.04 Å². The lowest BCUT2D eigenvalue weighted by Gasteiger charge is -2.12. The first kappa shape index (κ1) is 16.7. The molecule has 0 aliphatic carbocycles. The van der Waals surface area contributed by atoms with Crippen molar-refractivity contribution in [2.45, 2.75) is 29.7 Å². The Morgan fingerprint density at radius 2 is 1.68 bits per heavy atom. The highest BCUT2D eigenvalue weighted by Gasteiger charge is 2.24. The van der Waals surface area contributed by atoms with E-state index in [0.29, 0.717) is 0 Å². The van der Waals surface area contributed by atoms with Gasteiger partial charge in [0.1, 0.15) is 4.90 Å². The zero-order valence-electron chi connectivity index (χ0n) is 10.0. The number of halogens is 2. The maximum atomic E-state index is 12.0. The summed E-state index contributed by atoms with van der Waals surface area (Å²) in [5.41, 5.74) is 0. The zero-order chi connectivity index (χ0) is 15.0. The molecular formula is C9H12Cl2N2O4S2. The Balaban J connectivity index is 3.57. The highest BCUT2D eigenvalue weighted by Crippen LogP contribution is 2.32. The summed E-state index contributed by atoms with van der Waals surface area (Å²) in [6.45, 7) is 3.22. The molecule has 0 amide bonds. The van der Waals surface area contributed by atoms with Gasteiger partial charge >= 0.3 is 0 Å². The van der Waals surface area contributed by atoms with Gasteiger partial charge in [-0.25, -0.2) is 26.7 Å². The number of hydrogen-bond acceptors (Lipinski definition) is 4. The number of benzene rings is 1. The zero-order valence-corrected chi connectivity index (χ0v) is 13.2. The fraction of sp³-hybridized carbons (Fsp3) is 0.333. The number of primary sulfonamides is 1. The number of hydrogen-bond donors (Lipinski definition) is 2. The van der Waals surface area contributed by atoms with Crippen molar-refractivity contribution in [2.24, 2.45) is 5.14 Å². The van der Waals surface area contributed by atoms with Crippen LogP contribution in [0.15, 0.2) is 21.9 Å². The first-order valence-electron chi connectivity index (χ1n) is 4.99. The minimum absolute atomic E-state index is 0.211. The molecule has 1 rings (SSSR count). The fourth-order valence-corrected chi connectivity index (χ4v) is 4.04. The Labute approximate surface area is 122 Å². The molecule has 0 atom stereocenters. The molecule has 0 saturated heterocycles. The quantitative estimate of drug-likeness (QED) is 0.857. The van der Waals surface area contributed by atoms with Crippen molar-refractivity contribution in [3.05, 3.63) is 22.2 Å². The molecule has 6 nitrogen and oxygen atoms in total. The molecule has 3 N–H and O–H groups in total. The molecule has 0 unspecified atom stereocenters. The van der Waals surface area contributed by atoms with Crippen LogP contribution in [0.3, 0.4) is 0 Å². The second-order valence-electron chi connectivity index (χ2n) is 4.04. The lowest BCUT2D eigenvalue weighted by Crippen LogP contribution is -2.30. The second kappa shape index (κ2) is 5.55. The van der Waals surface area contributed by atoms with E-state index in [1.165, 1.54) is 0 Å². The number of nitrogens with one attached hydrogen (secondary N) is 1. The molecule has 0 spiro atoms. The molecule has 0 aliphatic rings. The van der Waals surface area contributed by atoms with Gasteiger partial charge in [0.05, 0.1) is 14.9 Å². The summed E-state index contributed by atoms with van der Waals surface area (Å²) in [5, 5.41) is 4.47. The molecule has 1 aromatic carbocycles. The minimum Gasteiger partial charge on any atom is -0.225 e. The third-order valence-electron chi connectivity index (χ3n) is 1.98. The van der Waals surface area contributed by atoms with Gasteiger partial charge in [0.2, 0.25) is 20.0 Å². The van der Waals surface area contributed by atoms with E-state index in [-0.39, 0.29) is 10.0 Å². The highest BCUT2D eigenvalue weighted by atomic mass is 35.5. The largest absolute Gasteiger partial charge is 0.242 e. The number of sulfonamides is 2. The molecule has 0 bridgehead atoms. The van der Waals surface area contributed by atoms with Crippen molar-refractivity contribution in [1.29, 1.82) is 0 Å². The first-order valence-corrected chi connectivity index (χ1v) is 8.78. The minimum atomic E-state index is -4.09.